The minimum absolute atomic E-state index is 0.0124. The first kappa shape index (κ1) is 12.0. The Morgan fingerprint density at radius 3 is 2.54 bits per heavy atom. The Balaban J connectivity index is 3.66. The van der Waals surface area contributed by atoms with Crippen molar-refractivity contribution in [1.82, 2.24) is 5.32 Å². The van der Waals surface area contributed by atoms with Crippen LogP contribution in [0.5, 0.6) is 0 Å². The molecule has 13 heavy (non-hydrogen) atoms. The zero-order valence-corrected chi connectivity index (χ0v) is 8.89. The van der Waals surface area contributed by atoms with E-state index in [1.807, 2.05) is 27.7 Å². The van der Waals surface area contributed by atoms with E-state index in [0.717, 1.165) is 6.42 Å². The summed E-state index contributed by atoms with van der Waals surface area (Å²) < 4.78 is 4.84. The van der Waals surface area contributed by atoms with Gasteiger partial charge in [0.25, 0.3) is 0 Å². The highest BCUT2D eigenvalue weighted by atomic mass is 16.5. The van der Waals surface area contributed by atoms with Gasteiger partial charge in [0.05, 0.1) is 6.61 Å². The summed E-state index contributed by atoms with van der Waals surface area (Å²) >= 11 is 0. The van der Waals surface area contributed by atoms with E-state index >= 15 is 0 Å². The van der Waals surface area contributed by atoms with E-state index in [9.17, 15) is 4.79 Å². The molecule has 0 bridgehead atoms. The topological polar surface area (TPSA) is 38.3 Å². The van der Waals surface area contributed by atoms with E-state index in [1.165, 1.54) is 6.08 Å². The monoisotopic (exact) mass is 185 g/mol. The first-order valence-corrected chi connectivity index (χ1v) is 4.56. The molecule has 0 aromatic rings. The van der Waals surface area contributed by atoms with Crippen LogP contribution in [0.4, 0.5) is 0 Å². The van der Waals surface area contributed by atoms with Gasteiger partial charge in [-0.3, -0.25) is 0 Å². The van der Waals surface area contributed by atoms with Crippen molar-refractivity contribution in [2.75, 3.05) is 6.61 Å². The Labute approximate surface area is 80.2 Å². The standard InChI is InChI=1S/C10H19NO2/c1-5-8-13-9(12)6-7-11-10(2,3)4/h6-7,11H,5,8H2,1-4H3. The lowest BCUT2D eigenvalue weighted by Gasteiger charge is -2.18. The lowest BCUT2D eigenvalue weighted by molar-refractivity contribution is -0.137. The molecule has 0 fully saturated rings. The second-order valence-corrected chi connectivity index (χ2v) is 3.90. The van der Waals surface area contributed by atoms with Gasteiger partial charge in [0, 0.05) is 17.8 Å². The van der Waals surface area contributed by atoms with Gasteiger partial charge in [-0.25, -0.2) is 4.79 Å². The molecule has 0 radical (unpaired) electrons. The summed E-state index contributed by atoms with van der Waals surface area (Å²) in [6.07, 6.45) is 3.88. The number of carbonyl (C=O) groups is 1. The highest BCUT2D eigenvalue weighted by Crippen LogP contribution is 1.97. The quantitative estimate of drug-likeness (QED) is 0.536. The van der Waals surface area contributed by atoms with Gasteiger partial charge < -0.3 is 10.1 Å². The summed E-state index contributed by atoms with van der Waals surface area (Å²) in [4.78, 5) is 10.9. The Bertz CT molecular complexity index is 180. The van der Waals surface area contributed by atoms with Crippen molar-refractivity contribution in [3.8, 4) is 0 Å². The molecule has 0 saturated carbocycles. The number of carbonyl (C=O) groups excluding carboxylic acids is 1. The van der Waals surface area contributed by atoms with Crippen LogP contribution in [0.15, 0.2) is 12.3 Å². The number of ether oxygens (including phenoxy) is 1. The number of esters is 1. The maximum Gasteiger partial charge on any atom is 0.332 e. The van der Waals surface area contributed by atoms with E-state index in [0.29, 0.717) is 6.61 Å². The zero-order chi connectivity index (χ0) is 10.3. The average molecular weight is 185 g/mol. The highest BCUT2D eigenvalue weighted by Gasteiger charge is 2.05. The number of rotatable bonds is 4. The Morgan fingerprint density at radius 2 is 2.08 bits per heavy atom. The molecule has 0 atom stereocenters. The average Bonchev–Trinajstić information content (AvgIpc) is 1.98. The van der Waals surface area contributed by atoms with Crippen LogP contribution in [-0.4, -0.2) is 18.1 Å². The van der Waals surface area contributed by atoms with Crippen LogP contribution in [0.3, 0.4) is 0 Å². The molecule has 0 amide bonds. The molecule has 76 valence electrons. The van der Waals surface area contributed by atoms with Crippen molar-refractivity contribution in [2.45, 2.75) is 39.7 Å². The molecule has 0 aliphatic carbocycles. The molecule has 0 aliphatic heterocycles. The second-order valence-electron chi connectivity index (χ2n) is 3.90. The summed E-state index contributed by atoms with van der Waals surface area (Å²) in [7, 11) is 0. The lowest BCUT2D eigenvalue weighted by atomic mass is 10.1. The van der Waals surface area contributed by atoms with Gasteiger partial charge in [0.15, 0.2) is 0 Å². The van der Waals surface area contributed by atoms with Gasteiger partial charge in [-0.05, 0) is 27.2 Å². The first-order valence-electron chi connectivity index (χ1n) is 4.56. The fraction of sp³-hybridized carbons (Fsp3) is 0.700. The molecule has 3 nitrogen and oxygen atoms in total. The van der Waals surface area contributed by atoms with E-state index in [4.69, 9.17) is 4.74 Å². The van der Waals surface area contributed by atoms with Crippen LogP contribution < -0.4 is 5.32 Å². The SMILES string of the molecule is CCCOC(=O)C=CNC(C)(C)C. The van der Waals surface area contributed by atoms with Crippen molar-refractivity contribution >= 4 is 5.97 Å². The van der Waals surface area contributed by atoms with Gasteiger partial charge in [0.1, 0.15) is 0 Å². The van der Waals surface area contributed by atoms with Crippen molar-refractivity contribution in [3.63, 3.8) is 0 Å². The van der Waals surface area contributed by atoms with Crippen LogP contribution >= 0.6 is 0 Å². The maximum absolute atomic E-state index is 10.9. The van der Waals surface area contributed by atoms with E-state index in [1.54, 1.807) is 6.20 Å². The fourth-order valence-electron chi connectivity index (χ4n) is 0.610. The first-order chi connectivity index (χ1) is 5.95. The van der Waals surface area contributed by atoms with Gasteiger partial charge >= 0.3 is 5.97 Å². The Hall–Kier alpha value is -0.990. The minimum atomic E-state index is -0.293. The number of hydrogen-bond acceptors (Lipinski definition) is 3. The van der Waals surface area contributed by atoms with Crippen molar-refractivity contribution in [2.24, 2.45) is 0 Å². The lowest BCUT2D eigenvalue weighted by Crippen LogP contribution is -2.31. The van der Waals surface area contributed by atoms with E-state index in [2.05, 4.69) is 5.32 Å². The van der Waals surface area contributed by atoms with Crippen LogP contribution in [0.25, 0.3) is 0 Å². The van der Waals surface area contributed by atoms with Gasteiger partial charge in [-0.1, -0.05) is 6.92 Å². The molecule has 0 aliphatic rings. The molecule has 0 heterocycles. The van der Waals surface area contributed by atoms with E-state index in [-0.39, 0.29) is 11.5 Å². The smallest absolute Gasteiger partial charge is 0.332 e. The van der Waals surface area contributed by atoms with Crippen molar-refractivity contribution < 1.29 is 9.53 Å². The maximum atomic E-state index is 10.9. The van der Waals surface area contributed by atoms with Gasteiger partial charge in [-0.15, -0.1) is 0 Å². The van der Waals surface area contributed by atoms with Gasteiger partial charge in [0.2, 0.25) is 0 Å². The third kappa shape index (κ3) is 8.92. The molecule has 0 aromatic heterocycles. The molecular weight excluding hydrogens is 166 g/mol. The van der Waals surface area contributed by atoms with Crippen LogP contribution in [0.2, 0.25) is 0 Å². The molecule has 0 rings (SSSR count). The van der Waals surface area contributed by atoms with E-state index < -0.39 is 0 Å². The summed E-state index contributed by atoms with van der Waals surface area (Å²) in [5.74, 6) is -0.293. The predicted octanol–water partition coefficient (Wildman–Crippen LogP) is 1.84. The third-order valence-corrected chi connectivity index (χ3v) is 1.18. The highest BCUT2D eigenvalue weighted by molar-refractivity contribution is 5.81. The van der Waals surface area contributed by atoms with Crippen LogP contribution in [0, 0.1) is 0 Å². The number of nitrogens with one attached hydrogen (secondary N) is 1. The normalized spacial score (nSPS) is 11.7. The molecular formula is C10H19NO2. The molecule has 3 heteroatoms. The largest absolute Gasteiger partial charge is 0.463 e. The van der Waals surface area contributed by atoms with Crippen LogP contribution in [-0.2, 0) is 9.53 Å². The Kier molecular flexibility index (Phi) is 5.19. The summed E-state index contributed by atoms with van der Waals surface area (Å²) in [6.45, 7) is 8.52. The summed E-state index contributed by atoms with van der Waals surface area (Å²) in [5.41, 5.74) is -0.0124. The van der Waals surface area contributed by atoms with Crippen LogP contribution in [0.1, 0.15) is 34.1 Å². The second kappa shape index (κ2) is 5.62. The fourth-order valence-corrected chi connectivity index (χ4v) is 0.610. The zero-order valence-electron chi connectivity index (χ0n) is 8.89. The molecule has 0 saturated heterocycles. The summed E-state index contributed by atoms with van der Waals surface area (Å²) in [5, 5.41) is 3.05. The Morgan fingerprint density at radius 1 is 1.46 bits per heavy atom. The molecule has 0 aromatic carbocycles. The molecule has 1 N–H and O–H groups in total. The third-order valence-electron chi connectivity index (χ3n) is 1.18. The van der Waals surface area contributed by atoms with Crippen molar-refractivity contribution in [3.05, 3.63) is 12.3 Å². The molecule has 0 spiro atoms. The van der Waals surface area contributed by atoms with Crippen molar-refractivity contribution in [1.29, 1.82) is 0 Å². The molecule has 0 unspecified atom stereocenters. The van der Waals surface area contributed by atoms with Gasteiger partial charge in [-0.2, -0.15) is 0 Å². The predicted molar refractivity (Wildman–Crippen MR) is 53.3 cm³/mol. The summed E-state index contributed by atoms with van der Waals surface area (Å²) in [6, 6.07) is 0. The number of hydrogen-bond donors (Lipinski definition) is 1. The minimum Gasteiger partial charge on any atom is -0.463 e.